The third-order valence-corrected chi connectivity index (χ3v) is 4.45. The Bertz CT molecular complexity index is 480. The summed E-state index contributed by atoms with van der Waals surface area (Å²) in [7, 11) is 0. The molecule has 0 aliphatic heterocycles. The molecule has 0 heterocycles. The average Bonchev–Trinajstić information content (AvgIpc) is 2.37. The molecule has 0 aromatic heterocycles. The van der Waals surface area contributed by atoms with Gasteiger partial charge in [-0.2, -0.15) is 0 Å². The van der Waals surface area contributed by atoms with Crippen LogP contribution in [0.3, 0.4) is 0 Å². The van der Waals surface area contributed by atoms with Crippen molar-refractivity contribution >= 4 is 23.6 Å². The lowest BCUT2D eigenvalue weighted by Crippen LogP contribution is -2.47. The van der Waals surface area contributed by atoms with Gasteiger partial charge in [0.25, 0.3) is 5.91 Å². The number of aliphatic carboxylic acids is 1. The van der Waals surface area contributed by atoms with Gasteiger partial charge in [0.1, 0.15) is 0 Å². The fraction of sp³-hybridized carbons (Fsp3) is 0.429. The molecule has 1 saturated carbocycles. The summed E-state index contributed by atoms with van der Waals surface area (Å²) >= 11 is 1.61. The highest BCUT2D eigenvalue weighted by Gasteiger charge is 2.44. The quantitative estimate of drug-likeness (QED) is 0.812. The number of hydrogen-bond acceptors (Lipinski definition) is 3. The van der Waals surface area contributed by atoms with Crippen molar-refractivity contribution < 1.29 is 14.7 Å². The summed E-state index contributed by atoms with van der Waals surface area (Å²) in [6.45, 7) is 0.214. The summed E-state index contributed by atoms with van der Waals surface area (Å²) in [4.78, 5) is 24.2. The van der Waals surface area contributed by atoms with Gasteiger partial charge in [-0.25, -0.2) is 0 Å². The predicted molar refractivity (Wildman–Crippen MR) is 74.5 cm³/mol. The molecule has 0 unspecified atom stereocenters. The van der Waals surface area contributed by atoms with Crippen LogP contribution in [0.4, 0.5) is 0 Å². The lowest BCUT2D eigenvalue weighted by molar-refractivity contribution is -0.153. The molecule has 1 amide bonds. The molecule has 2 rings (SSSR count). The number of carboxylic acid groups (broad SMARTS) is 1. The Labute approximate surface area is 116 Å². The molecule has 1 aliphatic carbocycles. The summed E-state index contributed by atoms with van der Waals surface area (Å²) in [6.07, 6.45) is 4.19. The molecular weight excluding hydrogens is 262 g/mol. The topological polar surface area (TPSA) is 66.4 Å². The zero-order valence-electron chi connectivity index (χ0n) is 10.8. The van der Waals surface area contributed by atoms with E-state index in [1.54, 1.807) is 23.9 Å². The molecule has 1 aromatic carbocycles. The van der Waals surface area contributed by atoms with Crippen molar-refractivity contribution in [2.45, 2.75) is 24.2 Å². The van der Waals surface area contributed by atoms with Gasteiger partial charge in [-0.1, -0.05) is 6.42 Å². The molecule has 0 spiro atoms. The van der Waals surface area contributed by atoms with Gasteiger partial charge in [-0.15, -0.1) is 11.8 Å². The van der Waals surface area contributed by atoms with Crippen LogP contribution in [0.15, 0.2) is 29.2 Å². The Balaban J connectivity index is 1.95. The number of carboxylic acids is 1. The maximum Gasteiger partial charge on any atom is 0.311 e. The van der Waals surface area contributed by atoms with Crippen LogP contribution in [-0.2, 0) is 4.79 Å². The van der Waals surface area contributed by atoms with Gasteiger partial charge in [0.05, 0.1) is 5.41 Å². The van der Waals surface area contributed by atoms with Gasteiger partial charge < -0.3 is 10.4 Å². The average molecular weight is 279 g/mol. The van der Waals surface area contributed by atoms with E-state index in [0.717, 1.165) is 11.3 Å². The fourth-order valence-corrected chi connectivity index (χ4v) is 2.57. The van der Waals surface area contributed by atoms with E-state index in [9.17, 15) is 14.7 Å². The van der Waals surface area contributed by atoms with E-state index in [1.165, 1.54) is 0 Å². The summed E-state index contributed by atoms with van der Waals surface area (Å²) in [5.74, 6) is -1.02. The first kappa shape index (κ1) is 13.9. The van der Waals surface area contributed by atoms with E-state index in [2.05, 4.69) is 5.32 Å². The number of amides is 1. The van der Waals surface area contributed by atoms with E-state index in [1.807, 2.05) is 18.4 Å². The van der Waals surface area contributed by atoms with Crippen molar-refractivity contribution in [2.75, 3.05) is 12.8 Å². The molecule has 19 heavy (non-hydrogen) atoms. The van der Waals surface area contributed by atoms with Gasteiger partial charge in [-0.05, 0) is 43.4 Å². The highest BCUT2D eigenvalue weighted by atomic mass is 32.2. The molecule has 4 nitrogen and oxygen atoms in total. The molecule has 1 fully saturated rings. The van der Waals surface area contributed by atoms with Crippen molar-refractivity contribution in [1.29, 1.82) is 0 Å². The number of carbonyl (C=O) groups is 2. The van der Waals surface area contributed by atoms with Gasteiger partial charge in [0.15, 0.2) is 0 Å². The summed E-state index contributed by atoms with van der Waals surface area (Å²) < 4.78 is 0. The molecule has 1 aromatic rings. The van der Waals surface area contributed by atoms with E-state index in [0.29, 0.717) is 18.4 Å². The Morgan fingerprint density at radius 2 is 1.95 bits per heavy atom. The minimum Gasteiger partial charge on any atom is -0.481 e. The number of carbonyl (C=O) groups excluding carboxylic acids is 1. The highest BCUT2D eigenvalue weighted by molar-refractivity contribution is 7.98. The monoisotopic (exact) mass is 279 g/mol. The van der Waals surface area contributed by atoms with Crippen molar-refractivity contribution in [1.82, 2.24) is 5.32 Å². The number of benzene rings is 1. The van der Waals surface area contributed by atoms with Crippen LogP contribution in [0.5, 0.6) is 0 Å². The molecule has 0 saturated heterocycles. The van der Waals surface area contributed by atoms with Crippen LogP contribution < -0.4 is 5.32 Å². The molecule has 5 heteroatoms. The Kier molecular flexibility index (Phi) is 4.14. The molecule has 102 valence electrons. The minimum atomic E-state index is -0.809. The summed E-state index contributed by atoms with van der Waals surface area (Å²) in [5, 5.41) is 11.9. The second-order valence-electron chi connectivity index (χ2n) is 4.85. The second kappa shape index (κ2) is 5.65. The number of rotatable bonds is 5. The van der Waals surface area contributed by atoms with Gasteiger partial charge in [-0.3, -0.25) is 9.59 Å². The first-order valence-corrected chi connectivity index (χ1v) is 7.45. The molecule has 0 bridgehead atoms. The Morgan fingerprint density at radius 1 is 1.32 bits per heavy atom. The zero-order chi connectivity index (χ0) is 13.9. The summed E-state index contributed by atoms with van der Waals surface area (Å²) in [6, 6.07) is 7.29. The second-order valence-corrected chi connectivity index (χ2v) is 5.73. The third-order valence-electron chi connectivity index (χ3n) is 3.70. The lowest BCUT2D eigenvalue weighted by atomic mass is 9.69. The molecular formula is C14H17NO3S. The van der Waals surface area contributed by atoms with Crippen molar-refractivity contribution in [3.8, 4) is 0 Å². The van der Waals surface area contributed by atoms with E-state index < -0.39 is 11.4 Å². The van der Waals surface area contributed by atoms with Crippen LogP contribution >= 0.6 is 11.8 Å². The third kappa shape index (κ3) is 2.92. The van der Waals surface area contributed by atoms with E-state index >= 15 is 0 Å². The maximum atomic E-state index is 11.9. The minimum absolute atomic E-state index is 0.208. The molecule has 2 N–H and O–H groups in total. The molecule has 1 aliphatic rings. The van der Waals surface area contributed by atoms with Crippen LogP contribution in [0.1, 0.15) is 29.6 Å². The maximum absolute atomic E-state index is 11.9. The van der Waals surface area contributed by atoms with E-state index in [4.69, 9.17) is 0 Å². The largest absolute Gasteiger partial charge is 0.481 e. The van der Waals surface area contributed by atoms with Crippen LogP contribution in [-0.4, -0.2) is 29.8 Å². The van der Waals surface area contributed by atoms with E-state index in [-0.39, 0.29) is 12.5 Å². The first-order chi connectivity index (χ1) is 9.07. The molecule has 0 radical (unpaired) electrons. The van der Waals surface area contributed by atoms with Gasteiger partial charge in [0.2, 0.25) is 0 Å². The van der Waals surface area contributed by atoms with Gasteiger partial charge >= 0.3 is 5.97 Å². The van der Waals surface area contributed by atoms with Gasteiger partial charge in [0, 0.05) is 17.0 Å². The number of hydrogen-bond donors (Lipinski definition) is 2. The smallest absolute Gasteiger partial charge is 0.311 e. The van der Waals surface area contributed by atoms with Crippen molar-refractivity contribution in [3.05, 3.63) is 29.8 Å². The zero-order valence-corrected chi connectivity index (χ0v) is 11.6. The SMILES string of the molecule is CSc1ccc(C(=O)NCC2(C(=O)O)CCC2)cc1. The molecule has 0 atom stereocenters. The first-order valence-electron chi connectivity index (χ1n) is 6.23. The highest BCUT2D eigenvalue weighted by Crippen LogP contribution is 2.40. The van der Waals surface area contributed by atoms with Crippen LogP contribution in [0.25, 0.3) is 0 Å². The Morgan fingerprint density at radius 3 is 2.37 bits per heavy atom. The van der Waals surface area contributed by atoms with Crippen LogP contribution in [0, 0.1) is 5.41 Å². The van der Waals surface area contributed by atoms with Crippen molar-refractivity contribution in [2.24, 2.45) is 5.41 Å². The summed E-state index contributed by atoms with van der Waals surface area (Å²) in [5.41, 5.74) is -0.174. The standard InChI is InChI=1S/C14H17NO3S/c1-19-11-5-3-10(4-6-11)12(16)15-9-14(13(17)18)7-2-8-14/h3-6H,2,7-9H2,1H3,(H,15,16)(H,17,18). The fourth-order valence-electron chi connectivity index (χ4n) is 2.16. The van der Waals surface area contributed by atoms with Crippen LogP contribution in [0.2, 0.25) is 0 Å². The number of thioether (sulfide) groups is 1. The van der Waals surface area contributed by atoms with Crippen molar-refractivity contribution in [3.63, 3.8) is 0 Å². The lowest BCUT2D eigenvalue weighted by Gasteiger charge is -2.37. The number of nitrogens with one attached hydrogen (secondary N) is 1. The Hall–Kier alpha value is -1.49. The normalized spacial score (nSPS) is 16.5. The predicted octanol–water partition coefficient (Wildman–Crippen LogP) is 2.39.